The van der Waals surface area contributed by atoms with Gasteiger partial charge in [-0.25, -0.2) is 22.2 Å². The fourth-order valence-corrected chi connectivity index (χ4v) is 4.51. The zero-order valence-corrected chi connectivity index (χ0v) is 19.2. The van der Waals surface area contributed by atoms with Gasteiger partial charge in [-0.3, -0.25) is 4.57 Å². The quantitative estimate of drug-likeness (QED) is 0.326. The van der Waals surface area contributed by atoms with Crippen molar-refractivity contribution in [1.82, 2.24) is 9.55 Å². The maximum atomic E-state index is 15.2. The van der Waals surface area contributed by atoms with E-state index in [0.29, 0.717) is 5.56 Å². The predicted octanol–water partition coefficient (Wildman–Crippen LogP) is 6.50. The number of imidazole rings is 1. The molecule has 4 rings (SSSR count). The van der Waals surface area contributed by atoms with Crippen molar-refractivity contribution in [1.29, 1.82) is 0 Å². The molecular weight excluding hydrogens is 477 g/mol. The van der Waals surface area contributed by atoms with E-state index in [1.165, 1.54) is 28.8 Å². The van der Waals surface area contributed by atoms with Gasteiger partial charge in [-0.1, -0.05) is 59.1 Å². The summed E-state index contributed by atoms with van der Waals surface area (Å²) in [6, 6.07) is 15.3. The molecule has 0 aliphatic rings. The summed E-state index contributed by atoms with van der Waals surface area (Å²) in [6.45, 7) is 1.90. The second kappa shape index (κ2) is 8.31. The summed E-state index contributed by atoms with van der Waals surface area (Å²) < 4.78 is 55.8. The molecule has 0 spiro atoms. The SMILES string of the molecule is Cc1ccc(-c2nc(S(C)(=O)=O)c(-c3ccc(F)c(Cl)c3)n2-c2cccc(Cl)c2F)cc1. The molecule has 0 fully saturated rings. The zero-order chi connectivity index (χ0) is 23.2. The molecule has 9 heteroatoms. The van der Waals surface area contributed by atoms with Gasteiger partial charge in [0.25, 0.3) is 0 Å². The van der Waals surface area contributed by atoms with Crippen LogP contribution in [0.5, 0.6) is 0 Å². The molecule has 32 heavy (non-hydrogen) atoms. The smallest absolute Gasteiger partial charge is 0.194 e. The standard InChI is InChI=1S/C23H16Cl2F2N2O2S/c1-13-6-8-14(9-7-13)22-28-23(32(2,30)31)21(15-10-11-18(26)17(25)12-15)29(22)19-5-3-4-16(24)20(19)27/h3-12H,1-2H3. The highest BCUT2D eigenvalue weighted by Gasteiger charge is 2.29. The second-order valence-corrected chi connectivity index (χ2v) is 10.0. The van der Waals surface area contributed by atoms with Crippen LogP contribution in [0.15, 0.2) is 65.7 Å². The molecule has 1 heterocycles. The molecule has 0 saturated carbocycles. The average molecular weight is 493 g/mol. The number of rotatable bonds is 4. The Morgan fingerprint density at radius 2 is 1.56 bits per heavy atom. The first-order valence-corrected chi connectivity index (χ1v) is 12.0. The van der Waals surface area contributed by atoms with Gasteiger partial charge in [0, 0.05) is 17.4 Å². The van der Waals surface area contributed by atoms with E-state index in [4.69, 9.17) is 23.2 Å². The minimum atomic E-state index is -3.88. The molecule has 164 valence electrons. The molecule has 0 saturated heterocycles. The van der Waals surface area contributed by atoms with Crippen LogP contribution >= 0.6 is 23.2 Å². The number of aryl methyl sites for hydroxylation is 1. The Morgan fingerprint density at radius 1 is 0.906 bits per heavy atom. The lowest BCUT2D eigenvalue weighted by atomic mass is 10.1. The van der Waals surface area contributed by atoms with Crippen LogP contribution in [0, 0.1) is 18.6 Å². The summed E-state index contributed by atoms with van der Waals surface area (Å²) in [6.07, 6.45) is 1.00. The Bertz CT molecular complexity index is 1450. The Morgan fingerprint density at radius 3 is 2.19 bits per heavy atom. The Kier molecular flexibility index (Phi) is 5.83. The van der Waals surface area contributed by atoms with Crippen molar-refractivity contribution in [3.63, 3.8) is 0 Å². The predicted molar refractivity (Wildman–Crippen MR) is 122 cm³/mol. The third-order valence-corrected chi connectivity index (χ3v) is 6.44. The molecule has 3 aromatic carbocycles. The van der Waals surface area contributed by atoms with Crippen LogP contribution in [0.4, 0.5) is 8.78 Å². The van der Waals surface area contributed by atoms with Gasteiger partial charge in [0.05, 0.1) is 21.4 Å². The number of aromatic nitrogens is 2. The van der Waals surface area contributed by atoms with E-state index in [-0.39, 0.29) is 37.8 Å². The Balaban J connectivity index is 2.19. The van der Waals surface area contributed by atoms with Crippen molar-refractivity contribution in [2.24, 2.45) is 0 Å². The number of hydrogen-bond acceptors (Lipinski definition) is 3. The molecular formula is C23H16Cl2F2N2O2S. The average Bonchev–Trinajstić information content (AvgIpc) is 3.13. The van der Waals surface area contributed by atoms with E-state index in [0.717, 1.165) is 17.9 Å². The van der Waals surface area contributed by atoms with E-state index < -0.39 is 21.5 Å². The lowest BCUT2D eigenvalue weighted by Gasteiger charge is -2.15. The molecule has 0 radical (unpaired) electrons. The van der Waals surface area contributed by atoms with E-state index in [9.17, 15) is 12.8 Å². The van der Waals surface area contributed by atoms with Gasteiger partial charge < -0.3 is 0 Å². The summed E-state index contributed by atoms with van der Waals surface area (Å²) in [7, 11) is -3.88. The first-order valence-electron chi connectivity index (χ1n) is 9.37. The number of nitrogens with zero attached hydrogens (tertiary/aromatic N) is 2. The molecule has 4 aromatic rings. The first kappa shape index (κ1) is 22.5. The van der Waals surface area contributed by atoms with Gasteiger partial charge in [0.2, 0.25) is 0 Å². The van der Waals surface area contributed by atoms with Gasteiger partial charge in [-0.05, 0) is 37.3 Å². The first-order chi connectivity index (χ1) is 15.1. The van der Waals surface area contributed by atoms with Crippen LogP contribution < -0.4 is 0 Å². The highest BCUT2D eigenvalue weighted by atomic mass is 35.5. The monoisotopic (exact) mass is 492 g/mol. The maximum Gasteiger partial charge on any atom is 0.194 e. The highest BCUT2D eigenvalue weighted by Crippen LogP contribution is 2.38. The minimum Gasteiger partial charge on any atom is -0.288 e. The fraction of sp³-hybridized carbons (Fsp3) is 0.0870. The molecule has 1 aromatic heterocycles. The third-order valence-electron chi connectivity index (χ3n) is 4.87. The number of benzene rings is 3. The molecule has 0 N–H and O–H groups in total. The lowest BCUT2D eigenvalue weighted by molar-refractivity contribution is 0.599. The van der Waals surface area contributed by atoms with Crippen LogP contribution in [-0.2, 0) is 9.84 Å². The summed E-state index contributed by atoms with van der Waals surface area (Å²) in [5.41, 5.74) is 1.83. The third kappa shape index (κ3) is 4.03. The summed E-state index contributed by atoms with van der Waals surface area (Å²) in [5.74, 6) is -1.24. The van der Waals surface area contributed by atoms with Crippen LogP contribution in [-0.4, -0.2) is 24.2 Å². The van der Waals surface area contributed by atoms with Crippen LogP contribution in [0.3, 0.4) is 0 Å². The van der Waals surface area contributed by atoms with Gasteiger partial charge in [-0.15, -0.1) is 0 Å². The second-order valence-electron chi connectivity index (χ2n) is 7.26. The van der Waals surface area contributed by atoms with Crippen LogP contribution in [0.1, 0.15) is 5.56 Å². The Labute approximate surface area is 194 Å². The van der Waals surface area contributed by atoms with E-state index in [1.54, 1.807) is 18.2 Å². The molecule has 0 aliphatic heterocycles. The summed E-state index contributed by atoms with van der Waals surface area (Å²) >= 11 is 12.0. The highest BCUT2D eigenvalue weighted by molar-refractivity contribution is 7.90. The molecule has 0 bridgehead atoms. The molecule has 0 aliphatic carbocycles. The fourth-order valence-electron chi connectivity index (χ4n) is 3.35. The van der Waals surface area contributed by atoms with Crippen molar-refractivity contribution >= 4 is 33.0 Å². The van der Waals surface area contributed by atoms with Gasteiger partial charge >= 0.3 is 0 Å². The summed E-state index contributed by atoms with van der Waals surface area (Å²) in [4.78, 5) is 4.39. The molecule has 0 atom stereocenters. The van der Waals surface area contributed by atoms with Crippen LogP contribution in [0.25, 0.3) is 28.3 Å². The number of sulfone groups is 1. The minimum absolute atomic E-state index is 0.00841. The number of halogens is 4. The largest absolute Gasteiger partial charge is 0.288 e. The molecule has 4 nitrogen and oxygen atoms in total. The van der Waals surface area contributed by atoms with E-state index >= 15 is 4.39 Å². The molecule has 0 unspecified atom stereocenters. The lowest BCUT2D eigenvalue weighted by Crippen LogP contribution is -2.05. The van der Waals surface area contributed by atoms with Gasteiger partial charge in [0.1, 0.15) is 11.6 Å². The van der Waals surface area contributed by atoms with E-state index in [1.807, 2.05) is 19.1 Å². The van der Waals surface area contributed by atoms with Gasteiger partial charge in [-0.2, -0.15) is 0 Å². The van der Waals surface area contributed by atoms with Gasteiger partial charge in [0.15, 0.2) is 20.7 Å². The maximum absolute atomic E-state index is 15.2. The van der Waals surface area contributed by atoms with Crippen molar-refractivity contribution in [3.8, 4) is 28.3 Å². The topological polar surface area (TPSA) is 52.0 Å². The van der Waals surface area contributed by atoms with Crippen molar-refractivity contribution in [2.75, 3.05) is 6.26 Å². The van der Waals surface area contributed by atoms with Crippen molar-refractivity contribution in [3.05, 3.63) is 87.9 Å². The normalized spacial score (nSPS) is 11.7. The van der Waals surface area contributed by atoms with Crippen LogP contribution in [0.2, 0.25) is 10.0 Å². The van der Waals surface area contributed by atoms with Crippen molar-refractivity contribution < 1.29 is 17.2 Å². The summed E-state index contributed by atoms with van der Waals surface area (Å²) in [5, 5.41) is -0.650. The van der Waals surface area contributed by atoms with E-state index in [2.05, 4.69) is 4.98 Å². The Hall–Kier alpha value is -2.74. The van der Waals surface area contributed by atoms with Crippen molar-refractivity contribution in [2.45, 2.75) is 11.9 Å². The zero-order valence-electron chi connectivity index (χ0n) is 16.9. The number of hydrogen-bond donors (Lipinski definition) is 0. The molecule has 0 amide bonds.